The average molecular weight is 201 g/mol. The zero-order chi connectivity index (χ0) is 10.7. The van der Waals surface area contributed by atoms with Crippen molar-refractivity contribution in [2.24, 2.45) is 0 Å². The molecule has 0 fully saturated rings. The lowest BCUT2D eigenvalue weighted by Crippen LogP contribution is -2.16. The number of hydrogen-bond donors (Lipinski definition) is 2. The maximum atomic E-state index is 11.0. The Balaban J connectivity index is 2.35. The third kappa shape index (κ3) is 1.91. The molecule has 0 saturated heterocycles. The van der Waals surface area contributed by atoms with Crippen molar-refractivity contribution < 1.29 is 9.90 Å². The van der Waals surface area contributed by atoms with Crippen LogP contribution in [0.2, 0.25) is 0 Å². The van der Waals surface area contributed by atoms with Crippen LogP contribution in [-0.4, -0.2) is 11.1 Å². The van der Waals surface area contributed by atoms with Crippen LogP contribution < -0.4 is 5.32 Å². The molecule has 3 heteroatoms. The third-order valence-electron chi connectivity index (χ3n) is 2.36. The highest BCUT2D eigenvalue weighted by Crippen LogP contribution is 2.27. The van der Waals surface area contributed by atoms with Crippen molar-refractivity contribution in [3.63, 3.8) is 0 Å². The molecule has 2 N–H and O–H groups in total. The van der Waals surface area contributed by atoms with Gasteiger partial charge in [0.05, 0.1) is 5.57 Å². The highest BCUT2D eigenvalue weighted by Gasteiger charge is 2.21. The highest BCUT2D eigenvalue weighted by atomic mass is 16.4. The van der Waals surface area contributed by atoms with Crippen LogP contribution in [0.5, 0.6) is 0 Å². The van der Waals surface area contributed by atoms with Crippen LogP contribution in [-0.2, 0) is 4.79 Å². The first-order chi connectivity index (χ1) is 7.29. The first-order valence-corrected chi connectivity index (χ1v) is 4.70. The maximum Gasteiger partial charge on any atom is 0.334 e. The Hall–Kier alpha value is -2.03. The Morgan fingerprint density at radius 3 is 2.67 bits per heavy atom. The van der Waals surface area contributed by atoms with Gasteiger partial charge in [-0.1, -0.05) is 36.4 Å². The van der Waals surface area contributed by atoms with E-state index in [1.165, 1.54) is 6.20 Å². The minimum Gasteiger partial charge on any atom is -0.478 e. The summed E-state index contributed by atoms with van der Waals surface area (Å²) in [4.78, 5) is 11.0. The third-order valence-corrected chi connectivity index (χ3v) is 2.36. The van der Waals surface area contributed by atoms with Gasteiger partial charge in [0.2, 0.25) is 0 Å². The van der Waals surface area contributed by atoms with Crippen molar-refractivity contribution in [2.75, 3.05) is 0 Å². The van der Waals surface area contributed by atoms with Gasteiger partial charge in [0.1, 0.15) is 0 Å². The number of rotatable bonds is 2. The molecule has 0 amide bonds. The van der Waals surface area contributed by atoms with E-state index in [1.807, 2.05) is 36.4 Å². The van der Waals surface area contributed by atoms with Gasteiger partial charge in [-0.2, -0.15) is 0 Å². The van der Waals surface area contributed by atoms with Crippen molar-refractivity contribution >= 4 is 5.97 Å². The van der Waals surface area contributed by atoms with E-state index in [4.69, 9.17) is 5.11 Å². The molecule has 0 aromatic heterocycles. The largest absolute Gasteiger partial charge is 0.478 e. The summed E-state index contributed by atoms with van der Waals surface area (Å²) in [6.07, 6.45) is 5.13. The maximum absolute atomic E-state index is 11.0. The minimum absolute atomic E-state index is 0.162. The summed E-state index contributed by atoms with van der Waals surface area (Å²) >= 11 is 0. The Labute approximate surface area is 87.7 Å². The molecule has 3 nitrogen and oxygen atoms in total. The smallest absolute Gasteiger partial charge is 0.334 e. The van der Waals surface area contributed by atoms with E-state index in [9.17, 15) is 4.79 Å². The molecule has 2 rings (SSSR count). The molecule has 1 heterocycles. The first-order valence-electron chi connectivity index (χ1n) is 4.70. The molecule has 0 aliphatic carbocycles. The minimum atomic E-state index is -0.888. The molecule has 1 aromatic carbocycles. The summed E-state index contributed by atoms with van der Waals surface area (Å²) in [7, 11) is 0. The predicted octanol–water partition coefficient (Wildman–Crippen LogP) is 1.86. The fourth-order valence-corrected chi connectivity index (χ4v) is 1.63. The van der Waals surface area contributed by atoms with Crippen molar-refractivity contribution in [3.05, 3.63) is 59.9 Å². The molecular weight excluding hydrogens is 190 g/mol. The van der Waals surface area contributed by atoms with Crippen molar-refractivity contribution in [1.82, 2.24) is 5.32 Å². The van der Waals surface area contributed by atoms with E-state index in [1.54, 1.807) is 6.20 Å². The van der Waals surface area contributed by atoms with Crippen LogP contribution >= 0.6 is 0 Å². The Bertz CT molecular complexity index is 421. The van der Waals surface area contributed by atoms with Gasteiger partial charge in [0.25, 0.3) is 0 Å². The second-order valence-electron chi connectivity index (χ2n) is 3.32. The molecular formula is C12H11NO2. The zero-order valence-electron chi connectivity index (χ0n) is 8.05. The number of benzene rings is 1. The number of carboxylic acid groups (broad SMARTS) is 1. The number of carbonyl (C=O) groups is 1. The number of allylic oxidation sites excluding steroid dienone is 1. The summed E-state index contributed by atoms with van der Waals surface area (Å²) in [6, 6.07) is 9.59. The molecule has 1 aliphatic rings. The number of dihydropyridines is 1. The van der Waals surface area contributed by atoms with Crippen LogP contribution in [0.4, 0.5) is 0 Å². The summed E-state index contributed by atoms with van der Waals surface area (Å²) in [5.74, 6) is -1.05. The molecule has 15 heavy (non-hydrogen) atoms. The van der Waals surface area contributed by atoms with Crippen LogP contribution in [0.15, 0.2) is 54.4 Å². The van der Waals surface area contributed by atoms with Gasteiger partial charge in [-0.25, -0.2) is 4.79 Å². The van der Waals surface area contributed by atoms with Crippen molar-refractivity contribution in [3.8, 4) is 0 Å². The number of nitrogens with one attached hydrogen (secondary N) is 1. The van der Waals surface area contributed by atoms with Gasteiger partial charge < -0.3 is 10.4 Å². The zero-order valence-corrected chi connectivity index (χ0v) is 8.05. The monoisotopic (exact) mass is 201 g/mol. The van der Waals surface area contributed by atoms with Crippen molar-refractivity contribution in [2.45, 2.75) is 5.92 Å². The molecule has 1 aromatic rings. The van der Waals surface area contributed by atoms with E-state index in [0.717, 1.165) is 5.56 Å². The number of aliphatic carboxylic acids is 1. The lowest BCUT2D eigenvalue weighted by atomic mass is 9.90. The highest BCUT2D eigenvalue weighted by molar-refractivity contribution is 5.89. The standard InChI is InChI=1S/C12H11NO2/c14-12(15)11-8-13-7-6-10(11)9-4-2-1-3-5-9/h1-8,10,13H,(H,14,15). The Kier molecular flexibility index (Phi) is 2.54. The average Bonchev–Trinajstić information content (AvgIpc) is 2.30. The molecule has 0 spiro atoms. The van der Waals surface area contributed by atoms with E-state index in [-0.39, 0.29) is 5.92 Å². The van der Waals surface area contributed by atoms with Crippen LogP contribution in [0.3, 0.4) is 0 Å². The van der Waals surface area contributed by atoms with Crippen LogP contribution in [0.25, 0.3) is 0 Å². The van der Waals surface area contributed by atoms with Gasteiger partial charge in [-0.3, -0.25) is 0 Å². The summed E-state index contributed by atoms with van der Waals surface area (Å²) < 4.78 is 0. The van der Waals surface area contributed by atoms with Crippen molar-refractivity contribution in [1.29, 1.82) is 0 Å². The number of hydrogen-bond acceptors (Lipinski definition) is 2. The van der Waals surface area contributed by atoms with Crippen LogP contribution in [0, 0.1) is 0 Å². The normalized spacial score (nSPS) is 19.2. The second-order valence-corrected chi connectivity index (χ2v) is 3.32. The lowest BCUT2D eigenvalue weighted by molar-refractivity contribution is -0.132. The second kappa shape index (κ2) is 4.00. The SMILES string of the molecule is O=C(O)C1=CNC=CC1c1ccccc1. The fourth-order valence-electron chi connectivity index (χ4n) is 1.63. The van der Waals surface area contributed by atoms with E-state index in [2.05, 4.69) is 5.32 Å². The molecule has 1 atom stereocenters. The summed E-state index contributed by atoms with van der Waals surface area (Å²) in [5, 5.41) is 11.8. The molecule has 0 saturated carbocycles. The summed E-state index contributed by atoms with van der Waals surface area (Å²) in [5.41, 5.74) is 1.35. The van der Waals surface area contributed by atoms with Gasteiger partial charge in [-0.15, -0.1) is 0 Å². The van der Waals surface area contributed by atoms with Gasteiger partial charge in [-0.05, 0) is 11.8 Å². The Morgan fingerprint density at radius 1 is 1.27 bits per heavy atom. The number of carboxylic acids is 1. The van der Waals surface area contributed by atoms with E-state index >= 15 is 0 Å². The molecule has 1 aliphatic heterocycles. The predicted molar refractivity (Wildman–Crippen MR) is 57.2 cm³/mol. The topological polar surface area (TPSA) is 49.3 Å². The lowest BCUT2D eigenvalue weighted by Gasteiger charge is -2.17. The molecule has 1 unspecified atom stereocenters. The fraction of sp³-hybridized carbons (Fsp3) is 0.0833. The molecule has 0 bridgehead atoms. The quantitative estimate of drug-likeness (QED) is 0.767. The van der Waals surface area contributed by atoms with Gasteiger partial charge in [0.15, 0.2) is 0 Å². The van der Waals surface area contributed by atoms with E-state index in [0.29, 0.717) is 5.57 Å². The molecule has 0 radical (unpaired) electrons. The van der Waals surface area contributed by atoms with Gasteiger partial charge in [0, 0.05) is 12.1 Å². The summed E-state index contributed by atoms with van der Waals surface area (Å²) in [6.45, 7) is 0. The van der Waals surface area contributed by atoms with Gasteiger partial charge >= 0.3 is 5.97 Å². The Morgan fingerprint density at radius 2 is 2.00 bits per heavy atom. The molecule has 76 valence electrons. The van der Waals surface area contributed by atoms with E-state index < -0.39 is 5.97 Å². The first kappa shape index (κ1) is 9.52. The van der Waals surface area contributed by atoms with Crippen LogP contribution in [0.1, 0.15) is 11.5 Å².